The third-order valence-electron chi connectivity index (χ3n) is 6.34. The van der Waals surface area contributed by atoms with Gasteiger partial charge in [0.15, 0.2) is 15.7 Å². The number of aromatic nitrogens is 3. The maximum absolute atomic E-state index is 15.1. The summed E-state index contributed by atoms with van der Waals surface area (Å²) in [5.41, 5.74) is 5.59. The van der Waals surface area contributed by atoms with Crippen LogP contribution >= 0.6 is 0 Å². The van der Waals surface area contributed by atoms with Crippen LogP contribution in [0.25, 0.3) is 11.0 Å². The first kappa shape index (κ1) is 21.5. The van der Waals surface area contributed by atoms with E-state index in [-0.39, 0.29) is 30.2 Å². The van der Waals surface area contributed by atoms with Crippen LogP contribution in [0.1, 0.15) is 19.4 Å². The van der Waals surface area contributed by atoms with Crippen molar-refractivity contribution in [3.63, 3.8) is 0 Å². The molecule has 0 amide bonds. The quantitative estimate of drug-likeness (QED) is 0.517. The number of nitrogens with one attached hydrogen (secondary N) is 2. The zero-order valence-corrected chi connectivity index (χ0v) is 18.6. The summed E-state index contributed by atoms with van der Waals surface area (Å²) in [4.78, 5) is 27.1. The average molecular weight is 473 g/mol. The lowest BCUT2D eigenvalue weighted by molar-refractivity contribution is 0.178. The lowest BCUT2D eigenvalue weighted by atomic mass is 9.87. The van der Waals surface area contributed by atoms with Crippen molar-refractivity contribution < 1.29 is 17.5 Å². The van der Waals surface area contributed by atoms with Crippen molar-refractivity contribution in [2.45, 2.75) is 29.4 Å². The van der Waals surface area contributed by atoms with Gasteiger partial charge < -0.3 is 20.8 Å². The fourth-order valence-electron chi connectivity index (χ4n) is 4.30. The fraction of sp³-hybridized carbons (Fsp3) is 0.333. The summed E-state index contributed by atoms with van der Waals surface area (Å²) >= 11 is 0. The van der Waals surface area contributed by atoms with Gasteiger partial charge in [-0.25, -0.2) is 22.8 Å². The summed E-state index contributed by atoms with van der Waals surface area (Å²) in [6, 6.07) is 5.80. The summed E-state index contributed by atoms with van der Waals surface area (Å²) < 4.78 is 46.0. The maximum Gasteiger partial charge on any atom is 0.266 e. The Morgan fingerprint density at radius 2 is 2.06 bits per heavy atom. The Hall–Kier alpha value is -3.38. The highest BCUT2D eigenvalue weighted by atomic mass is 32.2. The number of aliphatic imine (C=N–C) groups is 1. The van der Waals surface area contributed by atoms with Crippen molar-refractivity contribution in [2.24, 2.45) is 10.7 Å². The molecule has 1 saturated heterocycles. The number of nitrogens with zero attached hydrogens (tertiary/aromatic N) is 3. The van der Waals surface area contributed by atoms with Gasteiger partial charge in [0.05, 0.1) is 24.9 Å². The number of sulfone groups is 1. The van der Waals surface area contributed by atoms with Crippen molar-refractivity contribution in [1.29, 1.82) is 0 Å². The van der Waals surface area contributed by atoms with E-state index < -0.39 is 31.2 Å². The van der Waals surface area contributed by atoms with Gasteiger partial charge in [0.1, 0.15) is 32.7 Å². The van der Waals surface area contributed by atoms with Crippen LogP contribution < -0.4 is 16.6 Å². The normalized spacial score (nSPS) is 25.4. The second kappa shape index (κ2) is 7.06. The van der Waals surface area contributed by atoms with Gasteiger partial charge in [-0.05, 0) is 38.1 Å². The molecule has 0 bridgehead atoms. The van der Waals surface area contributed by atoms with E-state index in [1.807, 2.05) is 0 Å². The molecule has 10 nitrogen and oxygen atoms in total. The molecule has 0 aliphatic carbocycles. The molecule has 0 unspecified atom stereocenters. The van der Waals surface area contributed by atoms with E-state index >= 15 is 4.39 Å². The Balaban J connectivity index is 1.64. The van der Waals surface area contributed by atoms with Crippen molar-refractivity contribution in [3.8, 4) is 0 Å². The van der Waals surface area contributed by atoms with E-state index in [2.05, 4.69) is 25.3 Å². The predicted molar refractivity (Wildman–Crippen MR) is 121 cm³/mol. The SMILES string of the molecule is CC1(C)C(N)=N[C@@]2(c3cc(Nc4nccc5[nH]c(=O)cnc45)ccc3F)COC[C@H]2S1(=O)=O. The number of hydrogen-bond acceptors (Lipinski definition) is 9. The van der Waals surface area contributed by atoms with Gasteiger partial charge in [0, 0.05) is 17.4 Å². The molecule has 2 aliphatic rings. The Morgan fingerprint density at radius 3 is 2.85 bits per heavy atom. The van der Waals surface area contributed by atoms with Crippen LogP contribution in [0.15, 0.2) is 46.4 Å². The molecule has 12 heteroatoms. The number of amidine groups is 1. The fourth-order valence-corrected chi connectivity index (χ4v) is 6.39. The number of halogens is 1. The number of hydrogen-bond donors (Lipinski definition) is 3. The van der Waals surface area contributed by atoms with Gasteiger partial charge in [-0.2, -0.15) is 0 Å². The van der Waals surface area contributed by atoms with E-state index in [0.717, 1.165) is 6.20 Å². The van der Waals surface area contributed by atoms with Crippen LogP contribution in [0.3, 0.4) is 0 Å². The van der Waals surface area contributed by atoms with Gasteiger partial charge in [0.25, 0.3) is 5.56 Å². The number of ether oxygens (including phenoxy) is 1. The molecule has 2 aliphatic heterocycles. The number of fused-ring (bicyclic) bond motifs is 2. The molecule has 2 aromatic heterocycles. The van der Waals surface area contributed by atoms with Crippen LogP contribution in [-0.4, -0.2) is 52.4 Å². The minimum Gasteiger partial charge on any atom is -0.386 e. The van der Waals surface area contributed by atoms with E-state index in [0.29, 0.717) is 22.5 Å². The van der Waals surface area contributed by atoms with Crippen LogP contribution in [0, 0.1) is 5.82 Å². The van der Waals surface area contributed by atoms with Gasteiger partial charge in [-0.3, -0.25) is 9.79 Å². The molecule has 5 rings (SSSR count). The molecule has 0 radical (unpaired) electrons. The second-order valence-electron chi connectivity index (χ2n) is 8.60. The highest BCUT2D eigenvalue weighted by Crippen LogP contribution is 2.47. The summed E-state index contributed by atoms with van der Waals surface area (Å²) in [5.74, 6) is -0.389. The van der Waals surface area contributed by atoms with Gasteiger partial charge in [0.2, 0.25) is 0 Å². The van der Waals surface area contributed by atoms with Gasteiger partial charge >= 0.3 is 0 Å². The summed E-state index contributed by atoms with van der Waals surface area (Å²) in [5, 5.41) is 1.98. The second-order valence-corrected chi connectivity index (χ2v) is 11.3. The Morgan fingerprint density at radius 1 is 1.27 bits per heavy atom. The molecule has 33 heavy (non-hydrogen) atoms. The van der Waals surface area contributed by atoms with Crippen LogP contribution in [0.4, 0.5) is 15.9 Å². The molecule has 4 N–H and O–H groups in total. The third-order valence-corrected chi connectivity index (χ3v) is 9.24. The molecule has 3 aromatic rings. The first-order valence-electron chi connectivity index (χ1n) is 10.1. The molecular formula is C21H21FN6O4S. The van der Waals surface area contributed by atoms with E-state index in [1.54, 1.807) is 6.07 Å². The molecule has 172 valence electrons. The summed E-state index contributed by atoms with van der Waals surface area (Å²) in [7, 11) is -3.84. The molecule has 2 atom stereocenters. The molecule has 4 heterocycles. The molecule has 1 fully saturated rings. The number of rotatable bonds is 3. The van der Waals surface area contributed by atoms with Gasteiger partial charge in [-0.15, -0.1) is 0 Å². The Kier molecular flexibility index (Phi) is 4.59. The zero-order chi connectivity index (χ0) is 23.6. The average Bonchev–Trinajstić information content (AvgIpc) is 3.19. The lowest BCUT2D eigenvalue weighted by Gasteiger charge is -2.41. The number of H-pyrrole nitrogens is 1. The van der Waals surface area contributed by atoms with Crippen molar-refractivity contribution in [2.75, 3.05) is 18.5 Å². The smallest absolute Gasteiger partial charge is 0.266 e. The van der Waals surface area contributed by atoms with E-state index in [9.17, 15) is 13.2 Å². The standard InChI is InChI=1S/C21H21FN6O4S/c1-20(2)19(23)28-21(10-32-9-15(21)33(20,30)31)12-7-11(3-4-13(12)22)26-18-17-14(5-6-24-18)27-16(29)8-25-17/h3-8,15H,9-10H2,1-2H3,(H2,23,28)(H,24,26)(H,27,29)/t15-,21-/m1/s1. The molecular weight excluding hydrogens is 451 g/mol. The minimum atomic E-state index is -3.84. The predicted octanol–water partition coefficient (Wildman–Crippen LogP) is 1.36. The number of aromatic amines is 1. The van der Waals surface area contributed by atoms with Crippen LogP contribution in [0.2, 0.25) is 0 Å². The molecule has 1 aromatic carbocycles. The monoisotopic (exact) mass is 472 g/mol. The Bertz CT molecular complexity index is 1490. The van der Waals surface area contributed by atoms with E-state index in [4.69, 9.17) is 10.5 Å². The number of nitrogens with two attached hydrogens (primary N) is 1. The summed E-state index contributed by atoms with van der Waals surface area (Å²) in [6.07, 6.45) is 2.63. The Labute approximate surface area is 188 Å². The summed E-state index contributed by atoms with van der Waals surface area (Å²) in [6.45, 7) is 2.74. The molecule has 0 spiro atoms. The number of anilines is 2. The first-order chi connectivity index (χ1) is 15.6. The first-order valence-corrected chi connectivity index (χ1v) is 11.7. The van der Waals surface area contributed by atoms with Crippen molar-refractivity contribution in [3.05, 3.63) is 58.4 Å². The van der Waals surface area contributed by atoms with Crippen LogP contribution in [-0.2, 0) is 20.1 Å². The van der Waals surface area contributed by atoms with Crippen molar-refractivity contribution in [1.82, 2.24) is 15.0 Å². The van der Waals surface area contributed by atoms with E-state index in [1.165, 1.54) is 38.2 Å². The highest BCUT2D eigenvalue weighted by molar-refractivity contribution is 7.94. The van der Waals surface area contributed by atoms with Crippen molar-refractivity contribution >= 4 is 38.2 Å². The van der Waals surface area contributed by atoms with Crippen LogP contribution in [0.5, 0.6) is 0 Å². The zero-order valence-electron chi connectivity index (χ0n) is 17.8. The largest absolute Gasteiger partial charge is 0.386 e. The number of pyridine rings is 1. The third kappa shape index (κ3) is 3.04. The topological polar surface area (TPSA) is 152 Å². The maximum atomic E-state index is 15.1. The lowest BCUT2D eigenvalue weighted by Crippen LogP contribution is -2.60. The highest BCUT2D eigenvalue weighted by Gasteiger charge is 2.62. The minimum absolute atomic E-state index is 0.0543. The molecule has 0 saturated carbocycles. The number of benzene rings is 1. The van der Waals surface area contributed by atoms with Gasteiger partial charge in [-0.1, -0.05) is 0 Å².